The fourth-order valence-electron chi connectivity index (χ4n) is 1.60. The van der Waals surface area contributed by atoms with Crippen LogP contribution in [-0.2, 0) is 4.84 Å². The SMILES string of the molecule is O=C(ON1CCCCC1)c1ccccn1. The monoisotopic (exact) mass is 206 g/mol. The lowest BCUT2D eigenvalue weighted by Crippen LogP contribution is -2.32. The summed E-state index contributed by atoms with van der Waals surface area (Å²) in [6, 6.07) is 5.21. The van der Waals surface area contributed by atoms with Gasteiger partial charge in [-0.05, 0) is 25.0 Å². The second-order valence-electron chi connectivity index (χ2n) is 3.58. The van der Waals surface area contributed by atoms with Crippen molar-refractivity contribution < 1.29 is 9.63 Å². The van der Waals surface area contributed by atoms with Gasteiger partial charge < -0.3 is 4.84 Å². The van der Waals surface area contributed by atoms with E-state index in [4.69, 9.17) is 4.84 Å². The molecular weight excluding hydrogens is 192 g/mol. The third kappa shape index (κ3) is 2.76. The standard InChI is InChI=1S/C11H14N2O2/c14-11(10-6-2-3-7-12-10)15-13-8-4-1-5-9-13/h2-3,6-7H,1,4-5,8-9H2. The van der Waals surface area contributed by atoms with Crippen molar-refractivity contribution in [3.63, 3.8) is 0 Å². The van der Waals surface area contributed by atoms with Crippen molar-refractivity contribution in [2.75, 3.05) is 13.1 Å². The normalized spacial score (nSPS) is 17.3. The number of hydrogen-bond acceptors (Lipinski definition) is 4. The van der Waals surface area contributed by atoms with Crippen LogP contribution in [0.15, 0.2) is 24.4 Å². The predicted molar refractivity (Wildman–Crippen MR) is 55.1 cm³/mol. The van der Waals surface area contributed by atoms with Gasteiger partial charge in [0.25, 0.3) is 0 Å². The van der Waals surface area contributed by atoms with Crippen LogP contribution < -0.4 is 0 Å². The van der Waals surface area contributed by atoms with Gasteiger partial charge in [0.2, 0.25) is 0 Å². The van der Waals surface area contributed by atoms with E-state index in [9.17, 15) is 4.79 Å². The molecule has 1 saturated heterocycles. The van der Waals surface area contributed by atoms with E-state index in [2.05, 4.69) is 4.98 Å². The quantitative estimate of drug-likeness (QED) is 0.737. The van der Waals surface area contributed by atoms with Crippen molar-refractivity contribution in [2.24, 2.45) is 0 Å². The molecule has 0 N–H and O–H groups in total. The minimum atomic E-state index is -0.363. The van der Waals surface area contributed by atoms with E-state index in [0.29, 0.717) is 5.69 Å². The Bertz CT molecular complexity index is 321. The van der Waals surface area contributed by atoms with E-state index >= 15 is 0 Å². The Balaban J connectivity index is 1.91. The molecule has 4 heteroatoms. The molecule has 0 radical (unpaired) electrons. The molecule has 1 fully saturated rings. The van der Waals surface area contributed by atoms with Crippen LogP contribution >= 0.6 is 0 Å². The van der Waals surface area contributed by atoms with Crippen molar-refractivity contribution >= 4 is 5.97 Å². The average molecular weight is 206 g/mol. The second-order valence-corrected chi connectivity index (χ2v) is 3.58. The Kier molecular flexibility index (Phi) is 3.29. The Morgan fingerprint density at radius 1 is 1.27 bits per heavy atom. The zero-order valence-electron chi connectivity index (χ0n) is 8.56. The summed E-state index contributed by atoms with van der Waals surface area (Å²) in [7, 11) is 0. The van der Waals surface area contributed by atoms with E-state index in [-0.39, 0.29) is 5.97 Å². The molecule has 0 atom stereocenters. The van der Waals surface area contributed by atoms with Gasteiger partial charge >= 0.3 is 5.97 Å². The van der Waals surface area contributed by atoms with Crippen LogP contribution in [0.1, 0.15) is 29.8 Å². The lowest BCUT2D eigenvalue weighted by molar-refractivity contribution is -0.119. The van der Waals surface area contributed by atoms with Crippen molar-refractivity contribution in [3.8, 4) is 0 Å². The molecule has 4 nitrogen and oxygen atoms in total. The van der Waals surface area contributed by atoms with E-state index in [1.54, 1.807) is 29.5 Å². The maximum atomic E-state index is 11.6. The summed E-state index contributed by atoms with van der Waals surface area (Å²) in [5, 5.41) is 1.72. The number of nitrogens with zero attached hydrogens (tertiary/aromatic N) is 2. The van der Waals surface area contributed by atoms with E-state index in [1.807, 2.05) is 0 Å². The Morgan fingerprint density at radius 2 is 2.07 bits per heavy atom. The highest BCUT2D eigenvalue weighted by atomic mass is 16.7. The molecule has 0 saturated carbocycles. The summed E-state index contributed by atoms with van der Waals surface area (Å²) in [5.74, 6) is -0.363. The smallest absolute Gasteiger partial charge is 0.363 e. The topological polar surface area (TPSA) is 42.4 Å². The third-order valence-corrected chi connectivity index (χ3v) is 2.40. The molecule has 1 aromatic heterocycles. The van der Waals surface area contributed by atoms with Gasteiger partial charge in [-0.15, -0.1) is 5.06 Å². The van der Waals surface area contributed by atoms with Crippen LogP contribution in [0.25, 0.3) is 0 Å². The van der Waals surface area contributed by atoms with Crippen molar-refractivity contribution in [3.05, 3.63) is 30.1 Å². The summed E-state index contributed by atoms with van der Waals surface area (Å²) in [6.45, 7) is 1.66. The number of aromatic nitrogens is 1. The second kappa shape index (κ2) is 4.89. The van der Waals surface area contributed by atoms with Gasteiger partial charge in [-0.25, -0.2) is 9.78 Å². The zero-order valence-corrected chi connectivity index (χ0v) is 8.56. The Hall–Kier alpha value is -1.42. The molecule has 2 rings (SSSR count). The first kappa shape index (κ1) is 10.1. The van der Waals surface area contributed by atoms with Crippen LogP contribution in [0.4, 0.5) is 0 Å². The molecule has 0 spiro atoms. The Labute approximate surface area is 88.8 Å². The maximum Gasteiger partial charge on any atom is 0.375 e. The molecule has 1 aliphatic rings. The van der Waals surface area contributed by atoms with Crippen LogP contribution in [0, 0.1) is 0 Å². The molecule has 0 aliphatic carbocycles. The number of piperidine rings is 1. The van der Waals surface area contributed by atoms with Gasteiger partial charge in [0.1, 0.15) is 5.69 Å². The molecular formula is C11H14N2O2. The number of carbonyl (C=O) groups is 1. The van der Waals surface area contributed by atoms with Gasteiger partial charge in [-0.1, -0.05) is 12.5 Å². The molecule has 15 heavy (non-hydrogen) atoms. The lowest BCUT2D eigenvalue weighted by Gasteiger charge is -2.24. The lowest BCUT2D eigenvalue weighted by atomic mass is 10.2. The Morgan fingerprint density at radius 3 is 2.73 bits per heavy atom. The number of hydroxylamine groups is 2. The van der Waals surface area contributed by atoms with Gasteiger partial charge in [-0.3, -0.25) is 0 Å². The summed E-state index contributed by atoms with van der Waals surface area (Å²) in [4.78, 5) is 20.7. The zero-order chi connectivity index (χ0) is 10.5. The van der Waals surface area contributed by atoms with E-state index in [1.165, 1.54) is 6.42 Å². The fraction of sp³-hybridized carbons (Fsp3) is 0.455. The van der Waals surface area contributed by atoms with E-state index < -0.39 is 0 Å². The van der Waals surface area contributed by atoms with E-state index in [0.717, 1.165) is 25.9 Å². The first-order valence-corrected chi connectivity index (χ1v) is 5.24. The first-order chi connectivity index (χ1) is 7.36. The number of hydrogen-bond donors (Lipinski definition) is 0. The minimum absolute atomic E-state index is 0.363. The third-order valence-electron chi connectivity index (χ3n) is 2.40. The highest BCUT2D eigenvalue weighted by molar-refractivity contribution is 5.86. The van der Waals surface area contributed by atoms with Crippen LogP contribution in [0.5, 0.6) is 0 Å². The predicted octanol–water partition coefficient (Wildman–Crippen LogP) is 1.64. The molecule has 1 aliphatic heterocycles. The van der Waals surface area contributed by atoms with Gasteiger partial charge in [0.05, 0.1) is 0 Å². The van der Waals surface area contributed by atoms with Crippen LogP contribution in [-0.4, -0.2) is 29.1 Å². The summed E-state index contributed by atoms with van der Waals surface area (Å²) >= 11 is 0. The highest BCUT2D eigenvalue weighted by Gasteiger charge is 2.16. The van der Waals surface area contributed by atoms with Crippen molar-refractivity contribution in [1.29, 1.82) is 0 Å². The summed E-state index contributed by atoms with van der Waals surface area (Å²) in [5.41, 5.74) is 0.364. The average Bonchev–Trinajstić information content (AvgIpc) is 2.31. The fourth-order valence-corrected chi connectivity index (χ4v) is 1.60. The molecule has 0 unspecified atom stereocenters. The van der Waals surface area contributed by atoms with Gasteiger partial charge in [0.15, 0.2) is 0 Å². The van der Waals surface area contributed by atoms with Crippen molar-refractivity contribution in [1.82, 2.24) is 10.0 Å². The first-order valence-electron chi connectivity index (χ1n) is 5.24. The number of carbonyl (C=O) groups excluding carboxylic acids is 1. The van der Waals surface area contributed by atoms with Crippen LogP contribution in [0.3, 0.4) is 0 Å². The molecule has 0 aromatic carbocycles. The number of rotatable bonds is 2. The van der Waals surface area contributed by atoms with Crippen LogP contribution in [0.2, 0.25) is 0 Å². The molecule has 1 aromatic rings. The number of pyridine rings is 1. The maximum absolute atomic E-state index is 11.6. The summed E-state index contributed by atoms with van der Waals surface area (Å²) in [6.07, 6.45) is 5.00. The largest absolute Gasteiger partial charge is 0.375 e. The van der Waals surface area contributed by atoms with Gasteiger partial charge in [-0.2, -0.15) is 0 Å². The summed E-state index contributed by atoms with van der Waals surface area (Å²) < 4.78 is 0. The minimum Gasteiger partial charge on any atom is -0.363 e. The van der Waals surface area contributed by atoms with Gasteiger partial charge in [0, 0.05) is 19.3 Å². The molecule has 0 amide bonds. The molecule has 80 valence electrons. The van der Waals surface area contributed by atoms with Crippen molar-refractivity contribution in [2.45, 2.75) is 19.3 Å². The highest BCUT2D eigenvalue weighted by Crippen LogP contribution is 2.10. The molecule has 2 heterocycles. The molecule has 0 bridgehead atoms.